The smallest absolute Gasteiger partial charge is 0.0778 e. The van der Waals surface area contributed by atoms with Crippen molar-refractivity contribution in [2.45, 2.75) is 32.7 Å². The highest BCUT2D eigenvalue weighted by Gasteiger charge is 2.29. The zero-order valence-electron chi connectivity index (χ0n) is 9.78. The summed E-state index contributed by atoms with van der Waals surface area (Å²) in [6.45, 7) is 5.64. The summed E-state index contributed by atoms with van der Waals surface area (Å²) >= 11 is 3.55. The topological polar surface area (TPSA) is 42.1 Å². The fourth-order valence-corrected chi connectivity index (χ4v) is 3.08. The lowest BCUT2D eigenvalue weighted by atomic mass is 10.0. The van der Waals surface area contributed by atoms with Crippen molar-refractivity contribution in [1.82, 2.24) is 4.98 Å². The van der Waals surface area contributed by atoms with E-state index in [4.69, 9.17) is 5.73 Å². The van der Waals surface area contributed by atoms with Crippen LogP contribution in [0.15, 0.2) is 16.9 Å². The zero-order valence-corrected chi connectivity index (χ0v) is 11.4. The van der Waals surface area contributed by atoms with Crippen molar-refractivity contribution >= 4 is 27.3 Å². The van der Waals surface area contributed by atoms with Crippen LogP contribution in [0, 0.1) is 5.92 Å². The summed E-state index contributed by atoms with van der Waals surface area (Å²) in [5.41, 5.74) is 7.91. The van der Waals surface area contributed by atoms with Gasteiger partial charge in [0.05, 0.1) is 22.0 Å². The predicted molar refractivity (Wildman–Crippen MR) is 71.6 cm³/mol. The Labute approximate surface area is 105 Å². The zero-order chi connectivity index (χ0) is 11.7. The summed E-state index contributed by atoms with van der Waals surface area (Å²) in [5.74, 6) is 0.655. The van der Waals surface area contributed by atoms with Crippen LogP contribution < -0.4 is 10.6 Å². The molecule has 2 heterocycles. The van der Waals surface area contributed by atoms with Crippen molar-refractivity contribution in [2.24, 2.45) is 5.92 Å². The lowest BCUT2D eigenvalue weighted by molar-refractivity contribution is 0.492. The first-order valence-corrected chi connectivity index (χ1v) is 6.56. The van der Waals surface area contributed by atoms with Gasteiger partial charge in [0, 0.05) is 18.8 Å². The first kappa shape index (κ1) is 11.7. The number of rotatable bonds is 2. The Morgan fingerprint density at radius 1 is 1.50 bits per heavy atom. The maximum atomic E-state index is 6.03. The fourth-order valence-electron chi connectivity index (χ4n) is 2.51. The van der Waals surface area contributed by atoms with E-state index in [0.29, 0.717) is 12.0 Å². The molecule has 0 aromatic carbocycles. The first-order valence-electron chi connectivity index (χ1n) is 5.77. The average molecular weight is 284 g/mol. The number of nitrogens with two attached hydrogens (primary N) is 1. The maximum absolute atomic E-state index is 6.03. The Bertz CT molecular complexity index is 358. The summed E-state index contributed by atoms with van der Waals surface area (Å²) in [7, 11) is 0. The van der Waals surface area contributed by atoms with E-state index in [2.05, 4.69) is 39.7 Å². The summed E-state index contributed by atoms with van der Waals surface area (Å²) in [6, 6.07) is 0.598. The van der Waals surface area contributed by atoms with Crippen LogP contribution >= 0.6 is 15.9 Å². The van der Waals surface area contributed by atoms with Crippen molar-refractivity contribution in [3.8, 4) is 0 Å². The number of anilines is 2. The lowest BCUT2D eigenvalue weighted by Crippen LogP contribution is -2.34. The first-order chi connectivity index (χ1) is 7.61. The summed E-state index contributed by atoms with van der Waals surface area (Å²) in [5, 5.41) is 0. The summed E-state index contributed by atoms with van der Waals surface area (Å²) in [4.78, 5) is 6.51. The number of pyridine rings is 1. The third-order valence-corrected chi connectivity index (χ3v) is 3.84. The highest BCUT2D eigenvalue weighted by Crippen LogP contribution is 2.37. The van der Waals surface area contributed by atoms with Crippen LogP contribution in [0.4, 0.5) is 11.4 Å². The lowest BCUT2D eigenvalue weighted by Gasteiger charge is -2.31. The van der Waals surface area contributed by atoms with Gasteiger partial charge in [-0.15, -0.1) is 0 Å². The molecule has 0 aliphatic carbocycles. The third-order valence-electron chi connectivity index (χ3n) is 3.26. The third kappa shape index (κ3) is 2.03. The van der Waals surface area contributed by atoms with E-state index in [1.165, 1.54) is 12.8 Å². The molecular formula is C12H18BrN3. The van der Waals surface area contributed by atoms with E-state index in [0.717, 1.165) is 22.4 Å². The van der Waals surface area contributed by atoms with Gasteiger partial charge >= 0.3 is 0 Å². The van der Waals surface area contributed by atoms with Gasteiger partial charge in [0.2, 0.25) is 0 Å². The molecular weight excluding hydrogens is 266 g/mol. The standard InChI is InChI=1S/C12H18BrN3/c1-8(2)11-4-3-5-16(11)12-9(13)6-15-7-10(12)14/h6-8,11H,3-5,14H2,1-2H3. The number of hydrogen-bond acceptors (Lipinski definition) is 3. The van der Waals surface area contributed by atoms with Crippen molar-refractivity contribution in [1.29, 1.82) is 0 Å². The molecule has 2 N–H and O–H groups in total. The molecule has 1 fully saturated rings. The van der Waals surface area contributed by atoms with E-state index >= 15 is 0 Å². The number of nitrogen functional groups attached to an aromatic ring is 1. The molecule has 2 rings (SSSR count). The molecule has 16 heavy (non-hydrogen) atoms. The Kier molecular flexibility index (Phi) is 3.38. The summed E-state index contributed by atoms with van der Waals surface area (Å²) < 4.78 is 1.00. The molecule has 0 saturated carbocycles. The van der Waals surface area contributed by atoms with Crippen LogP contribution in [-0.2, 0) is 0 Å². The van der Waals surface area contributed by atoms with E-state index in [9.17, 15) is 0 Å². The SMILES string of the molecule is CC(C)C1CCCN1c1c(N)cncc1Br. The maximum Gasteiger partial charge on any atom is 0.0778 e. The van der Waals surface area contributed by atoms with Crippen LogP contribution in [0.25, 0.3) is 0 Å². The minimum atomic E-state index is 0.598. The second kappa shape index (κ2) is 4.62. The highest BCUT2D eigenvalue weighted by molar-refractivity contribution is 9.10. The van der Waals surface area contributed by atoms with Crippen LogP contribution in [0.2, 0.25) is 0 Å². The molecule has 1 saturated heterocycles. The van der Waals surface area contributed by atoms with Crippen molar-refractivity contribution in [3.63, 3.8) is 0 Å². The molecule has 1 atom stereocenters. The Morgan fingerprint density at radius 3 is 2.88 bits per heavy atom. The van der Waals surface area contributed by atoms with Crippen LogP contribution in [0.3, 0.4) is 0 Å². The number of halogens is 1. The van der Waals surface area contributed by atoms with E-state index < -0.39 is 0 Å². The Morgan fingerprint density at radius 2 is 2.25 bits per heavy atom. The summed E-state index contributed by atoms with van der Waals surface area (Å²) in [6.07, 6.45) is 6.06. The molecule has 0 bridgehead atoms. The number of nitrogens with zero attached hydrogens (tertiary/aromatic N) is 2. The van der Waals surface area contributed by atoms with Crippen LogP contribution in [0.5, 0.6) is 0 Å². The van der Waals surface area contributed by atoms with E-state index in [-0.39, 0.29) is 0 Å². The molecule has 1 unspecified atom stereocenters. The molecule has 3 nitrogen and oxygen atoms in total. The van der Waals surface area contributed by atoms with Gasteiger partial charge in [-0.1, -0.05) is 13.8 Å². The molecule has 1 aliphatic heterocycles. The van der Waals surface area contributed by atoms with Gasteiger partial charge in [0.15, 0.2) is 0 Å². The van der Waals surface area contributed by atoms with Gasteiger partial charge in [-0.05, 0) is 34.7 Å². The van der Waals surface area contributed by atoms with Gasteiger partial charge in [-0.25, -0.2) is 0 Å². The predicted octanol–water partition coefficient (Wildman–Crippen LogP) is 3.05. The minimum Gasteiger partial charge on any atom is -0.396 e. The normalized spacial score (nSPS) is 20.8. The molecule has 1 aliphatic rings. The molecule has 0 radical (unpaired) electrons. The molecule has 0 spiro atoms. The van der Waals surface area contributed by atoms with Crippen molar-refractivity contribution in [2.75, 3.05) is 17.2 Å². The molecule has 88 valence electrons. The second-order valence-corrected chi connectivity index (χ2v) is 5.56. The number of hydrogen-bond donors (Lipinski definition) is 1. The van der Waals surface area contributed by atoms with Gasteiger partial charge in [0.25, 0.3) is 0 Å². The van der Waals surface area contributed by atoms with E-state index in [1.807, 2.05) is 6.20 Å². The molecule has 1 aromatic rings. The van der Waals surface area contributed by atoms with Crippen molar-refractivity contribution < 1.29 is 0 Å². The highest BCUT2D eigenvalue weighted by atomic mass is 79.9. The van der Waals surface area contributed by atoms with Crippen molar-refractivity contribution in [3.05, 3.63) is 16.9 Å². The molecule has 4 heteroatoms. The van der Waals surface area contributed by atoms with Gasteiger partial charge in [-0.3, -0.25) is 4.98 Å². The minimum absolute atomic E-state index is 0.598. The molecule has 0 amide bonds. The van der Waals surface area contributed by atoms with Crippen LogP contribution in [-0.4, -0.2) is 17.6 Å². The van der Waals surface area contributed by atoms with Gasteiger partial charge < -0.3 is 10.6 Å². The van der Waals surface area contributed by atoms with Gasteiger partial charge in [0.1, 0.15) is 0 Å². The number of aromatic nitrogens is 1. The fraction of sp³-hybridized carbons (Fsp3) is 0.583. The Hall–Kier alpha value is -0.770. The monoisotopic (exact) mass is 283 g/mol. The largest absolute Gasteiger partial charge is 0.396 e. The Balaban J connectivity index is 2.36. The quantitative estimate of drug-likeness (QED) is 0.907. The van der Waals surface area contributed by atoms with Crippen LogP contribution in [0.1, 0.15) is 26.7 Å². The second-order valence-electron chi connectivity index (χ2n) is 4.71. The van der Waals surface area contributed by atoms with E-state index in [1.54, 1.807) is 6.20 Å². The molecule has 1 aromatic heterocycles. The van der Waals surface area contributed by atoms with Gasteiger partial charge in [-0.2, -0.15) is 0 Å². The average Bonchev–Trinajstić information content (AvgIpc) is 2.66.